The summed E-state index contributed by atoms with van der Waals surface area (Å²) in [7, 11) is 0. The average molecular weight is 315 g/mol. The van der Waals surface area contributed by atoms with Crippen LogP contribution in [0.1, 0.15) is 37.2 Å². The summed E-state index contributed by atoms with van der Waals surface area (Å²) in [5.41, 5.74) is 0.962. The maximum Gasteiger partial charge on any atom is 0.311 e. The van der Waals surface area contributed by atoms with E-state index in [4.69, 9.17) is 0 Å². The van der Waals surface area contributed by atoms with E-state index >= 15 is 0 Å². The van der Waals surface area contributed by atoms with Crippen LogP contribution in [0, 0.1) is 5.41 Å². The van der Waals surface area contributed by atoms with Crippen molar-refractivity contribution in [1.82, 2.24) is 15.5 Å². The van der Waals surface area contributed by atoms with E-state index in [0.29, 0.717) is 24.2 Å². The molecule has 0 radical (unpaired) electrons. The van der Waals surface area contributed by atoms with Gasteiger partial charge in [-0.15, -0.1) is 0 Å². The molecule has 0 atom stereocenters. The summed E-state index contributed by atoms with van der Waals surface area (Å²) in [5.74, 6) is -1.25. The normalized spacial score (nSPS) is 11.2. The van der Waals surface area contributed by atoms with Gasteiger partial charge in [0.05, 0.1) is 11.1 Å². The fraction of sp³-hybridized carbons (Fsp3) is 0.353. The molecule has 6 heteroatoms. The maximum absolute atomic E-state index is 12.2. The molecule has 1 aromatic heterocycles. The molecular formula is C17H21N3O3. The summed E-state index contributed by atoms with van der Waals surface area (Å²) in [6.45, 7) is 3.72. The first-order valence-corrected chi connectivity index (χ1v) is 7.65. The van der Waals surface area contributed by atoms with Gasteiger partial charge in [0.15, 0.2) is 0 Å². The maximum atomic E-state index is 12.2. The summed E-state index contributed by atoms with van der Waals surface area (Å²) in [5, 5.41) is 18.9. The van der Waals surface area contributed by atoms with Gasteiger partial charge in [-0.2, -0.15) is 5.10 Å². The molecule has 0 unspecified atom stereocenters. The second-order valence-corrected chi connectivity index (χ2v) is 5.51. The van der Waals surface area contributed by atoms with E-state index in [1.54, 1.807) is 6.07 Å². The third-order valence-corrected chi connectivity index (χ3v) is 4.29. The Balaban J connectivity index is 2.07. The summed E-state index contributed by atoms with van der Waals surface area (Å²) in [6, 6.07) is 11.2. The predicted molar refractivity (Wildman–Crippen MR) is 87.0 cm³/mol. The number of hydrogen-bond donors (Lipinski definition) is 3. The molecule has 6 nitrogen and oxygen atoms in total. The average Bonchev–Trinajstić information content (AvgIpc) is 3.06. The van der Waals surface area contributed by atoms with Crippen LogP contribution in [0.2, 0.25) is 0 Å². The predicted octanol–water partition coefficient (Wildman–Crippen LogP) is 2.70. The van der Waals surface area contributed by atoms with Gasteiger partial charge in [-0.3, -0.25) is 14.7 Å². The van der Waals surface area contributed by atoms with Crippen molar-refractivity contribution in [2.75, 3.05) is 6.54 Å². The first-order valence-electron chi connectivity index (χ1n) is 7.65. The van der Waals surface area contributed by atoms with E-state index < -0.39 is 11.4 Å². The molecule has 0 saturated carbocycles. The molecule has 0 bridgehead atoms. The van der Waals surface area contributed by atoms with Crippen LogP contribution in [0.4, 0.5) is 0 Å². The molecule has 3 N–H and O–H groups in total. The minimum atomic E-state index is -0.933. The van der Waals surface area contributed by atoms with Gasteiger partial charge in [0.25, 0.3) is 5.91 Å². The van der Waals surface area contributed by atoms with Crippen molar-refractivity contribution in [2.45, 2.75) is 26.7 Å². The van der Waals surface area contributed by atoms with E-state index in [9.17, 15) is 14.7 Å². The second kappa shape index (κ2) is 7.09. The Morgan fingerprint density at radius 3 is 2.43 bits per heavy atom. The van der Waals surface area contributed by atoms with Crippen LogP contribution in [0.3, 0.4) is 0 Å². The van der Waals surface area contributed by atoms with Gasteiger partial charge < -0.3 is 10.4 Å². The minimum Gasteiger partial charge on any atom is -0.481 e. The number of nitrogens with zero attached hydrogens (tertiary/aromatic N) is 1. The number of benzene rings is 1. The van der Waals surface area contributed by atoms with E-state index in [0.717, 1.165) is 5.56 Å². The number of aliphatic carboxylic acids is 1. The largest absolute Gasteiger partial charge is 0.481 e. The number of carbonyl (C=O) groups is 2. The van der Waals surface area contributed by atoms with Gasteiger partial charge in [-0.25, -0.2) is 0 Å². The lowest BCUT2D eigenvalue weighted by Crippen LogP contribution is -2.42. The van der Waals surface area contributed by atoms with E-state index in [1.165, 1.54) is 0 Å². The van der Waals surface area contributed by atoms with Crippen LogP contribution in [0.25, 0.3) is 11.3 Å². The Kier molecular flexibility index (Phi) is 5.16. The molecule has 0 spiro atoms. The Morgan fingerprint density at radius 1 is 1.22 bits per heavy atom. The van der Waals surface area contributed by atoms with Gasteiger partial charge in [-0.05, 0) is 18.9 Å². The summed E-state index contributed by atoms with van der Waals surface area (Å²) < 4.78 is 0. The lowest BCUT2D eigenvalue weighted by molar-refractivity contribution is -0.149. The quantitative estimate of drug-likeness (QED) is 0.732. The lowest BCUT2D eigenvalue weighted by Gasteiger charge is -2.26. The summed E-state index contributed by atoms with van der Waals surface area (Å²) in [4.78, 5) is 23.7. The van der Waals surface area contributed by atoms with Crippen molar-refractivity contribution in [3.05, 3.63) is 42.1 Å². The zero-order valence-corrected chi connectivity index (χ0v) is 13.3. The molecule has 0 aliphatic carbocycles. The first-order chi connectivity index (χ1) is 11.0. The number of hydrogen-bond acceptors (Lipinski definition) is 3. The highest BCUT2D eigenvalue weighted by Gasteiger charge is 2.35. The zero-order chi connectivity index (χ0) is 16.9. The molecule has 23 heavy (non-hydrogen) atoms. The van der Waals surface area contributed by atoms with Gasteiger partial charge in [0.1, 0.15) is 5.69 Å². The molecule has 0 fully saturated rings. The van der Waals surface area contributed by atoms with Crippen LogP contribution in [0.5, 0.6) is 0 Å². The zero-order valence-electron chi connectivity index (χ0n) is 13.3. The molecule has 0 aliphatic rings. The Labute approximate surface area is 134 Å². The molecule has 122 valence electrons. The van der Waals surface area contributed by atoms with Gasteiger partial charge >= 0.3 is 5.97 Å². The van der Waals surface area contributed by atoms with E-state index in [2.05, 4.69) is 15.5 Å². The highest BCUT2D eigenvalue weighted by Crippen LogP contribution is 2.26. The van der Waals surface area contributed by atoms with E-state index in [-0.39, 0.29) is 12.5 Å². The van der Waals surface area contributed by atoms with Crippen LogP contribution >= 0.6 is 0 Å². The summed E-state index contributed by atoms with van der Waals surface area (Å²) in [6.07, 6.45) is 0.911. The molecule has 1 heterocycles. The monoisotopic (exact) mass is 315 g/mol. The van der Waals surface area contributed by atoms with Gasteiger partial charge in [0.2, 0.25) is 0 Å². The fourth-order valence-electron chi connectivity index (χ4n) is 2.42. The number of rotatable bonds is 7. The second-order valence-electron chi connectivity index (χ2n) is 5.51. The first kappa shape index (κ1) is 16.7. The number of nitrogens with one attached hydrogen (secondary N) is 2. The van der Waals surface area contributed by atoms with Crippen molar-refractivity contribution in [2.24, 2.45) is 5.41 Å². The standard InChI is InChI=1S/C17H21N3O3/c1-3-17(4-2,16(22)23)11-18-15(21)14-10-13(19-20-14)12-8-6-5-7-9-12/h5-10H,3-4,11H2,1-2H3,(H,18,21)(H,19,20)(H,22,23). The van der Waals surface area contributed by atoms with Crippen molar-refractivity contribution >= 4 is 11.9 Å². The van der Waals surface area contributed by atoms with Gasteiger partial charge in [-0.1, -0.05) is 44.2 Å². The van der Waals surface area contributed by atoms with Crippen LogP contribution in [-0.2, 0) is 4.79 Å². The van der Waals surface area contributed by atoms with E-state index in [1.807, 2.05) is 44.2 Å². The highest BCUT2D eigenvalue weighted by atomic mass is 16.4. The third-order valence-electron chi connectivity index (χ3n) is 4.29. The Hall–Kier alpha value is -2.63. The molecule has 1 amide bonds. The van der Waals surface area contributed by atoms with Crippen LogP contribution in [0.15, 0.2) is 36.4 Å². The van der Waals surface area contributed by atoms with Gasteiger partial charge in [0, 0.05) is 12.1 Å². The van der Waals surface area contributed by atoms with Crippen molar-refractivity contribution in [1.29, 1.82) is 0 Å². The van der Waals surface area contributed by atoms with Crippen molar-refractivity contribution in [3.63, 3.8) is 0 Å². The molecular weight excluding hydrogens is 294 g/mol. The van der Waals surface area contributed by atoms with Crippen LogP contribution in [-0.4, -0.2) is 33.7 Å². The third kappa shape index (κ3) is 3.59. The molecule has 1 aromatic carbocycles. The topological polar surface area (TPSA) is 95.1 Å². The Bertz CT molecular complexity index is 675. The number of carbonyl (C=O) groups excluding carboxylic acids is 1. The number of H-pyrrole nitrogens is 1. The highest BCUT2D eigenvalue weighted by molar-refractivity contribution is 5.93. The molecule has 0 saturated heterocycles. The number of amides is 1. The lowest BCUT2D eigenvalue weighted by atomic mass is 9.82. The Morgan fingerprint density at radius 2 is 1.87 bits per heavy atom. The number of aromatic nitrogens is 2. The number of carboxylic acid groups (broad SMARTS) is 1. The van der Waals surface area contributed by atoms with Crippen molar-refractivity contribution < 1.29 is 14.7 Å². The molecule has 2 rings (SSSR count). The summed E-state index contributed by atoms with van der Waals surface area (Å²) >= 11 is 0. The SMILES string of the molecule is CCC(CC)(CNC(=O)c1cc(-c2ccccc2)n[nH]1)C(=O)O. The fourth-order valence-corrected chi connectivity index (χ4v) is 2.42. The smallest absolute Gasteiger partial charge is 0.311 e. The minimum absolute atomic E-state index is 0.0911. The van der Waals surface area contributed by atoms with Crippen LogP contribution < -0.4 is 5.32 Å². The molecule has 2 aromatic rings. The molecule has 0 aliphatic heterocycles. The van der Waals surface area contributed by atoms with Crippen molar-refractivity contribution in [3.8, 4) is 11.3 Å². The number of carboxylic acids is 1. The number of aromatic amines is 1.